The second-order valence-corrected chi connectivity index (χ2v) is 5.18. The van der Waals surface area contributed by atoms with Crippen LogP contribution in [0.4, 0.5) is 0 Å². The number of carbonyl (C=O) groups is 2. The largest absolute Gasteiger partial charge is 0.479 e. The fourth-order valence-electron chi connectivity index (χ4n) is 1.99. The zero-order valence-corrected chi connectivity index (χ0v) is 11.6. The monoisotopic (exact) mass is 272 g/mol. The highest BCUT2D eigenvalue weighted by molar-refractivity contribution is 5.76. The van der Waals surface area contributed by atoms with E-state index in [2.05, 4.69) is 24.5 Å². The smallest absolute Gasteiger partial charge is 0.332 e. The lowest BCUT2D eigenvalue weighted by Gasteiger charge is -2.12. The lowest BCUT2D eigenvalue weighted by atomic mass is 10.2. The average molecular weight is 272 g/mol. The van der Waals surface area contributed by atoms with E-state index in [1.165, 1.54) is 0 Å². The van der Waals surface area contributed by atoms with E-state index in [-0.39, 0.29) is 12.0 Å². The molecule has 0 aliphatic carbocycles. The maximum atomic E-state index is 11.5. The van der Waals surface area contributed by atoms with Crippen LogP contribution < -0.4 is 10.6 Å². The molecule has 2 unspecified atom stereocenters. The van der Waals surface area contributed by atoms with Gasteiger partial charge in [0.05, 0.1) is 6.10 Å². The zero-order valence-electron chi connectivity index (χ0n) is 11.6. The Hall–Kier alpha value is -1.14. The van der Waals surface area contributed by atoms with Gasteiger partial charge in [0.25, 0.3) is 0 Å². The highest BCUT2D eigenvalue weighted by Crippen LogP contribution is 2.19. The van der Waals surface area contributed by atoms with Crippen molar-refractivity contribution >= 4 is 11.9 Å². The van der Waals surface area contributed by atoms with E-state index in [9.17, 15) is 9.59 Å². The molecule has 0 aromatic carbocycles. The number of amides is 1. The molecular formula is C13H24N2O4. The molecule has 110 valence electrons. The molecule has 1 saturated heterocycles. The van der Waals surface area contributed by atoms with Crippen LogP contribution in [-0.4, -0.2) is 48.3 Å². The highest BCUT2D eigenvalue weighted by Gasteiger charge is 2.30. The summed E-state index contributed by atoms with van der Waals surface area (Å²) in [7, 11) is 0. The number of hydrogen-bond donors (Lipinski definition) is 3. The minimum atomic E-state index is -0.923. The van der Waals surface area contributed by atoms with Crippen LogP contribution >= 0.6 is 0 Å². The molecule has 6 nitrogen and oxygen atoms in total. The predicted molar refractivity (Wildman–Crippen MR) is 70.9 cm³/mol. The van der Waals surface area contributed by atoms with Crippen molar-refractivity contribution in [1.29, 1.82) is 0 Å². The quantitative estimate of drug-likeness (QED) is 0.560. The first-order chi connectivity index (χ1) is 8.99. The normalized spacial score (nSPS) is 22.7. The fraction of sp³-hybridized carbons (Fsp3) is 0.846. The van der Waals surface area contributed by atoms with Crippen LogP contribution in [0.3, 0.4) is 0 Å². The summed E-state index contributed by atoms with van der Waals surface area (Å²) in [5.41, 5.74) is 0. The summed E-state index contributed by atoms with van der Waals surface area (Å²) in [4.78, 5) is 22.2. The van der Waals surface area contributed by atoms with E-state index < -0.39 is 12.1 Å². The van der Waals surface area contributed by atoms with Gasteiger partial charge in [-0.05, 0) is 25.8 Å². The molecule has 3 N–H and O–H groups in total. The maximum absolute atomic E-state index is 11.5. The lowest BCUT2D eigenvalue weighted by Crippen LogP contribution is -2.33. The van der Waals surface area contributed by atoms with Crippen LogP contribution in [0.25, 0.3) is 0 Å². The van der Waals surface area contributed by atoms with Crippen LogP contribution in [0.15, 0.2) is 0 Å². The van der Waals surface area contributed by atoms with E-state index in [4.69, 9.17) is 9.84 Å². The van der Waals surface area contributed by atoms with Crippen LogP contribution in [0, 0.1) is 0 Å². The molecule has 0 spiro atoms. The van der Waals surface area contributed by atoms with E-state index in [1.54, 1.807) is 0 Å². The van der Waals surface area contributed by atoms with Gasteiger partial charge in [-0.3, -0.25) is 4.79 Å². The summed E-state index contributed by atoms with van der Waals surface area (Å²) in [6, 6.07) is 0.433. The van der Waals surface area contributed by atoms with E-state index in [0.717, 1.165) is 13.0 Å². The molecule has 1 amide bonds. The second-order valence-electron chi connectivity index (χ2n) is 5.18. The molecule has 1 aliphatic heterocycles. The van der Waals surface area contributed by atoms with Gasteiger partial charge in [-0.2, -0.15) is 0 Å². The number of hydrogen-bond acceptors (Lipinski definition) is 4. The molecule has 0 saturated carbocycles. The van der Waals surface area contributed by atoms with Crippen molar-refractivity contribution in [3.8, 4) is 0 Å². The Bertz CT molecular complexity index is 307. The first kappa shape index (κ1) is 15.9. The number of aliphatic carboxylic acids is 1. The molecule has 2 atom stereocenters. The third-order valence-corrected chi connectivity index (χ3v) is 3.04. The van der Waals surface area contributed by atoms with Gasteiger partial charge in [0.15, 0.2) is 6.10 Å². The zero-order chi connectivity index (χ0) is 14.3. The molecule has 1 rings (SSSR count). The van der Waals surface area contributed by atoms with Crippen molar-refractivity contribution in [1.82, 2.24) is 10.6 Å². The van der Waals surface area contributed by atoms with Gasteiger partial charge < -0.3 is 20.5 Å². The molecule has 1 heterocycles. The molecule has 6 heteroatoms. The van der Waals surface area contributed by atoms with Crippen LogP contribution in [0.1, 0.15) is 39.5 Å². The molecule has 0 bridgehead atoms. The van der Waals surface area contributed by atoms with Crippen molar-refractivity contribution in [3.05, 3.63) is 0 Å². The Kier molecular flexibility index (Phi) is 6.80. The predicted octanol–water partition coefficient (Wildman–Crippen LogP) is 0.513. The third-order valence-electron chi connectivity index (χ3n) is 3.04. The van der Waals surface area contributed by atoms with Crippen LogP contribution in [0.5, 0.6) is 0 Å². The van der Waals surface area contributed by atoms with Crippen LogP contribution in [-0.2, 0) is 14.3 Å². The van der Waals surface area contributed by atoms with E-state index in [1.807, 2.05) is 0 Å². The summed E-state index contributed by atoms with van der Waals surface area (Å²) in [6.07, 6.45) is 1.61. The molecule has 0 aromatic rings. The van der Waals surface area contributed by atoms with Gasteiger partial charge in [-0.15, -0.1) is 0 Å². The molecule has 1 fully saturated rings. The van der Waals surface area contributed by atoms with Gasteiger partial charge in [0.1, 0.15) is 0 Å². The van der Waals surface area contributed by atoms with Gasteiger partial charge in [-0.1, -0.05) is 13.8 Å². The number of ether oxygens (including phenoxy) is 1. The Morgan fingerprint density at radius 1 is 1.37 bits per heavy atom. The summed E-state index contributed by atoms with van der Waals surface area (Å²) >= 11 is 0. The number of carbonyl (C=O) groups excluding carboxylic acids is 1. The standard InChI is InChI=1S/C13H24N2O4/c1-9(2)14-7-3-4-12(16)15-8-10-5-6-11(19-10)13(17)18/h9-11,14H,3-8H2,1-2H3,(H,15,16)(H,17,18). The number of nitrogens with one attached hydrogen (secondary N) is 2. The molecule has 0 aromatic heterocycles. The molecule has 1 aliphatic rings. The van der Waals surface area contributed by atoms with E-state index in [0.29, 0.717) is 31.8 Å². The minimum Gasteiger partial charge on any atom is -0.479 e. The van der Waals surface area contributed by atoms with Crippen molar-refractivity contribution in [3.63, 3.8) is 0 Å². The Labute approximate surface area is 113 Å². The van der Waals surface area contributed by atoms with Gasteiger partial charge >= 0.3 is 5.97 Å². The molecule has 19 heavy (non-hydrogen) atoms. The second kappa shape index (κ2) is 8.12. The summed E-state index contributed by atoms with van der Waals surface area (Å²) < 4.78 is 5.30. The maximum Gasteiger partial charge on any atom is 0.332 e. The topological polar surface area (TPSA) is 87.7 Å². The average Bonchev–Trinajstić information content (AvgIpc) is 2.81. The fourth-order valence-corrected chi connectivity index (χ4v) is 1.99. The summed E-state index contributed by atoms with van der Waals surface area (Å²) in [5, 5.41) is 14.8. The Morgan fingerprint density at radius 2 is 2.11 bits per heavy atom. The molecular weight excluding hydrogens is 248 g/mol. The molecule has 0 radical (unpaired) electrons. The summed E-state index contributed by atoms with van der Waals surface area (Å²) in [5.74, 6) is -0.929. The Morgan fingerprint density at radius 3 is 2.68 bits per heavy atom. The van der Waals surface area contributed by atoms with Gasteiger partial charge in [0.2, 0.25) is 5.91 Å². The SMILES string of the molecule is CC(C)NCCCC(=O)NCC1CCC(C(=O)O)O1. The number of carboxylic acids is 1. The van der Waals surface area contributed by atoms with Crippen molar-refractivity contribution in [2.75, 3.05) is 13.1 Å². The number of carboxylic acid groups (broad SMARTS) is 1. The third kappa shape index (κ3) is 6.54. The lowest BCUT2D eigenvalue weighted by molar-refractivity contribution is -0.149. The highest BCUT2D eigenvalue weighted by atomic mass is 16.5. The van der Waals surface area contributed by atoms with E-state index >= 15 is 0 Å². The van der Waals surface area contributed by atoms with Crippen LogP contribution in [0.2, 0.25) is 0 Å². The first-order valence-electron chi connectivity index (χ1n) is 6.87. The summed E-state index contributed by atoms with van der Waals surface area (Å²) in [6.45, 7) is 5.36. The number of rotatable bonds is 8. The first-order valence-corrected chi connectivity index (χ1v) is 6.87. The van der Waals surface area contributed by atoms with Crippen molar-refractivity contribution < 1.29 is 19.4 Å². The Balaban J connectivity index is 2.06. The van der Waals surface area contributed by atoms with Crippen molar-refractivity contribution in [2.45, 2.75) is 57.8 Å². The van der Waals surface area contributed by atoms with Crippen molar-refractivity contribution in [2.24, 2.45) is 0 Å². The van der Waals surface area contributed by atoms with Gasteiger partial charge in [0, 0.05) is 19.0 Å². The van der Waals surface area contributed by atoms with Gasteiger partial charge in [-0.25, -0.2) is 4.79 Å². The minimum absolute atomic E-state index is 0.00655.